The normalized spacial score (nSPS) is 11.2. The highest BCUT2D eigenvalue weighted by molar-refractivity contribution is 5.77. The van der Waals surface area contributed by atoms with Gasteiger partial charge in [-0.2, -0.15) is 0 Å². The molecule has 0 aromatic heterocycles. The van der Waals surface area contributed by atoms with Crippen molar-refractivity contribution in [2.24, 2.45) is 0 Å². The average Bonchev–Trinajstić information content (AvgIpc) is 2.17. The van der Waals surface area contributed by atoms with E-state index in [4.69, 9.17) is 5.11 Å². The second-order valence-electron chi connectivity index (χ2n) is 4.20. The number of nitrogens with one attached hydrogen (secondary N) is 1. The minimum atomic E-state index is -0.477. The van der Waals surface area contributed by atoms with E-state index in [1.807, 2.05) is 45.0 Å². The fourth-order valence-electron chi connectivity index (χ4n) is 1.49. The van der Waals surface area contributed by atoms with E-state index in [2.05, 4.69) is 5.32 Å². The maximum Gasteiger partial charge on any atom is 0.246 e. The number of aryl methyl sites for hydroxylation is 1. The first-order chi connectivity index (χ1) is 6.95. The fraction of sp³-hybridized carbons (Fsp3) is 0.417. The first-order valence-electron chi connectivity index (χ1n) is 4.95. The van der Waals surface area contributed by atoms with Crippen molar-refractivity contribution >= 4 is 5.91 Å². The number of aliphatic hydroxyl groups excluding tert-OH is 1. The first-order valence-corrected chi connectivity index (χ1v) is 4.95. The highest BCUT2D eigenvalue weighted by atomic mass is 16.3. The van der Waals surface area contributed by atoms with Gasteiger partial charge in [-0.1, -0.05) is 29.8 Å². The van der Waals surface area contributed by atoms with Crippen molar-refractivity contribution in [3.8, 4) is 0 Å². The number of carbonyl (C=O) groups is 1. The number of hydrogen-bond acceptors (Lipinski definition) is 2. The van der Waals surface area contributed by atoms with E-state index in [1.54, 1.807) is 0 Å². The van der Waals surface area contributed by atoms with Crippen LogP contribution in [0.1, 0.15) is 25.0 Å². The summed E-state index contributed by atoms with van der Waals surface area (Å²) in [5, 5.41) is 11.4. The molecule has 82 valence electrons. The maximum atomic E-state index is 11.1. The minimum absolute atomic E-state index is 0.360. The third-order valence-corrected chi connectivity index (χ3v) is 2.34. The van der Waals surface area contributed by atoms with Gasteiger partial charge in [0.1, 0.15) is 6.61 Å². The van der Waals surface area contributed by atoms with Gasteiger partial charge in [-0.05, 0) is 26.3 Å². The van der Waals surface area contributed by atoms with Crippen LogP contribution in [0, 0.1) is 6.92 Å². The predicted octanol–water partition coefficient (Wildman–Crippen LogP) is 1.34. The summed E-state index contributed by atoms with van der Waals surface area (Å²) in [6, 6.07) is 7.95. The van der Waals surface area contributed by atoms with Gasteiger partial charge in [-0.25, -0.2) is 0 Å². The highest BCUT2D eigenvalue weighted by Crippen LogP contribution is 2.20. The molecule has 0 aliphatic rings. The second kappa shape index (κ2) is 4.45. The molecule has 0 heterocycles. The average molecular weight is 207 g/mol. The molecule has 1 aromatic rings. The Balaban J connectivity index is 2.90. The maximum absolute atomic E-state index is 11.1. The molecule has 3 nitrogen and oxygen atoms in total. The molecule has 0 aliphatic heterocycles. The van der Waals surface area contributed by atoms with Gasteiger partial charge in [0.25, 0.3) is 0 Å². The smallest absolute Gasteiger partial charge is 0.246 e. The Morgan fingerprint density at radius 3 is 2.67 bits per heavy atom. The van der Waals surface area contributed by atoms with E-state index in [0.29, 0.717) is 0 Å². The highest BCUT2D eigenvalue weighted by Gasteiger charge is 2.22. The van der Waals surface area contributed by atoms with Crippen molar-refractivity contribution in [2.75, 3.05) is 6.61 Å². The molecule has 0 unspecified atom stereocenters. The standard InChI is InChI=1S/C12H17NO2/c1-9-5-4-6-10(7-9)12(2,3)13-11(15)8-14/h4-7,14H,8H2,1-3H3,(H,13,15). The van der Waals surface area contributed by atoms with Crippen LogP contribution in [-0.2, 0) is 10.3 Å². The zero-order valence-corrected chi connectivity index (χ0v) is 9.37. The number of hydrogen-bond donors (Lipinski definition) is 2. The molecule has 0 radical (unpaired) electrons. The van der Waals surface area contributed by atoms with Crippen molar-refractivity contribution < 1.29 is 9.90 Å². The summed E-state index contributed by atoms with van der Waals surface area (Å²) in [5.74, 6) is -0.360. The van der Waals surface area contributed by atoms with E-state index >= 15 is 0 Å². The van der Waals surface area contributed by atoms with Crippen LogP contribution in [0.25, 0.3) is 0 Å². The Bertz CT molecular complexity index is 358. The van der Waals surface area contributed by atoms with Crippen molar-refractivity contribution in [1.82, 2.24) is 5.32 Å². The van der Waals surface area contributed by atoms with Gasteiger partial charge < -0.3 is 10.4 Å². The lowest BCUT2D eigenvalue weighted by atomic mass is 9.93. The van der Waals surface area contributed by atoms with Gasteiger partial charge in [0.2, 0.25) is 5.91 Å². The Labute approximate surface area is 90.1 Å². The Morgan fingerprint density at radius 2 is 2.13 bits per heavy atom. The summed E-state index contributed by atoms with van der Waals surface area (Å²) in [6.07, 6.45) is 0. The molecule has 0 atom stereocenters. The number of amides is 1. The zero-order valence-electron chi connectivity index (χ0n) is 9.37. The van der Waals surface area contributed by atoms with Crippen LogP contribution >= 0.6 is 0 Å². The molecule has 0 saturated carbocycles. The summed E-state index contributed by atoms with van der Waals surface area (Å²) >= 11 is 0. The summed E-state index contributed by atoms with van der Waals surface area (Å²) in [6.45, 7) is 5.35. The van der Waals surface area contributed by atoms with E-state index in [0.717, 1.165) is 11.1 Å². The molecular weight excluding hydrogens is 190 g/mol. The summed E-state index contributed by atoms with van der Waals surface area (Å²) < 4.78 is 0. The number of carbonyl (C=O) groups excluding carboxylic acids is 1. The van der Waals surface area contributed by atoms with Gasteiger partial charge in [0, 0.05) is 0 Å². The molecule has 1 amide bonds. The molecule has 3 heteroatoms. The quantitative estimate of drug-likeness (QED) is 0.785. The molecule has 1 aromatic carbocycles. The van der Waals surface area contributed by atoms with Crippen molar-refractivity contribution in [1.29, 1.82) is 0 Å². The topological polar surface area (TPSA) is 49.3 Å². The molecule has 0 spiro atoms. The fourth-order valence-corrected chi connectivity index (χ4v) is 1.49. The van der Waals surface area contributed by atoms with Gasteiger partial charge in [0.15, 0.2) is 0 Å². The minimum Gasteiger partial charge on any atom is -0.387 e. The monoisotopic (exact) mass is 207 g/mol. The van der Waals surface area contributed by atoms with Crippen LogP contribution in [-0.4, -0.2) is 17.6 Å². The zero-order chi connectivity index (χ0) is 11.5. The summed E-state index contributed by atoms with van der Waals surface area (Å²) in [4.78, 5) is 11.1. The van der Waals surface area contributed by atoms with E-state index < -0.39 is 12.1 Å². The largest absolute Gasteiger partial charge is 0.387 e. The molecular formula is C12H17NO2. The Kier molecular flexibility index (Phi) is 3.48. The van der Waals surface area contributed by atoms with E-state index in [-0.39, 0.29) is 5.91 Å². The molecule has 0 saturated heterocycles. The van der Waals surface area contributed by atoms with Crippen LogP contribution < -0.4 is 5.32 Å². The van der Waals surface area contributed by atoms with Crippen LogP contribution in [0.5, 0.6) is 0 Å². The number of rotatable bonds is 3. The van der Waals surface area contributed by atoms with E-state index in [1.165, 1.54) is 0 Å². The van der Waals surface area contributed by atoms with Crippen molar-refractivity contribution in [3.05, 3.63) is 35.4 Å². The summed E-state index contributed by atoms with van der Waals surface area (Å²) in [5.41, 5.74) is 1.73. The lowest BCUT2D eigenvalue weighted by Crippen LogP contribution is -2.42. The summed E-state index contributed by atoms with van der Waals surface area (Å²) in [7, 11) is 0. The SMILES string of the molecule is Cc1cccc(C(C)(C)NC(=O)CO)c1. The third kappa shape index (κ3) is 3.06. The predicted molar refractivity (Wildman–Crippen MR) is 59.4 cm³/mol. The van der Waals surface area contributed by atoms with Gasteiger partial charge in [-0.15, -0.1) is 0 Å². The van der Waals surface area contributed by atoms with Gasteiger partial charge in [0.05, 0.1) is 5.54 Å². The molecule has 0 aliphatic carbocycles. The number of benzene rings is 1. The van der Waals surface area contributed by atoms with Crippen LogP contribution in [0.3, 0.4) is 0 Å². The molecule has 0 fully saturated rings. The van der Waals surface area contributed by atoms with E-state index in [9.17, 15) is 4.79 Å². The van der Waals surface area contributed by atoms with Crippen LogP contribution in [0.2, 0.25) is 0 Å². The van der Waals surface area contributed by atoms with Crippen LogP contribution in [0.15, 0.2) is 24.3 Å². The van der Waals surface area contributed by atoms with Crippen molar-refractivity contribution in [3.63, 3.8) is 0 Å². The number of aliphatic hydroxyl groups is 1. The Hall–Kier alpha value is -1.35. The second-order valence-corrected chi connectivity index (χ2v) is 4.20. The van der Waals surface area contributed by atoms with Crippen molar-refractivity contribution in [2.45, 2.75) is 26.3 Å². The lowest BCUT2D eigenvalue weighted by Gasteiger charge is -2.26. The lowest BCUT2D eigenvalue weighted by molar-refractivity contribution is -0.125. The van der Waals surface area contributed by atoms with Crippen LogP contribution in [0.4, 0.5) is 0 Å². The molecule has 1 rings (SSSR count). The first kappa shape index (κ1) is 11.7. The third-order valence-electron chi connectivity index (χ3n) is 2.34. The van der Waals surface area contributed by atoms with Gasteiger partial charge >= 0.3 is 0 Å². The molecule has 15 heavy (non-hydrogen) atoms. The Morgan fingerprint density at radius 1 is 1.47 bits per heavy atom. The van der Waals surface area contributed by atoms with Gasteiger partial charge in [-0.3, -0.25) is 4.79 Å². The molecule has 0 bridgehead atoms. The molecule has 2 N–H and O–H groups in total.